The standard InChI is InChI=1S/C16H16BrN3O/c17-16-5-4-15(21)9-14(16)12-20(8-2-6-18)11-13-3-1-7-19-10-13/h1,3-5,7,9-10,21H,2,8,11-12H2. The Labute approximate surface area is 132 Å². The van der Waals surface area contributed by atoms with E-state index in [0.29, 0.717) is 19.5 Å². The highest BCUT2D eigenvalue weighted by Gasteiger charge is 2.10. The molecule has 4 nitrogen and oxygen atoms in total. The lowest BCUT2D eigenvalue weighted by atomic mass is 10.1. The van der Waals surface area contributed by atoms with E-state index in [1.165, 1.54) is 0 Å². The Morgan fingerprint density at radius 3 is 2.86 bits per heavy atom. The molecule has 5 heteroatoms. The summed E-state index contributed by atoms with van der Waals surface area (Å²) in [6.07, 6.45) is 4.04. The molecule has 2 rings (SSSR count). The van der Waals surface area contributed by atoms with E-state index in [1.54, 1.807) is 18.3 Å². The van der Waals surface area contributed by atoms with Gasteiger partial charge in [0, 0.05) is 42.9 Å². The molecule has 0 spiro atoms. The first-order valence-electron chi connectivity index (χ1n) is 6.64. The largest absolute Gasteiger partial charge is 0.508 e. The van der Waals surface area contributed by atoms with Crippen molar-refractivity contribution in [3.8, 4) is 11.8 Å². The normalized spacial score (nSPS) is 10.5. The van der Waals surface area contributed by atoms with Crippen molar-refractivity contribution < 1.29 is 5.11 Å². The highest BCUT2D eigenvalue weighted by molar-refractivity contribution is 9.10. The molecule has 1 aromatic carbocycles. The molecule has 0 unspecified atom stereocenters. The maximum Gasteiger partial charge on any atom is 0.115 e. The number of nitriles is 1. The topological polar surface area (TPSA) is 60.2 Å². The van der Waals surface area contributed by atoms with Gasteiger partial charge in [0.1, 0.15) is 5.75 Å². The van der Waals surface area contributed by atoms with Crippen molar-refractivity contribution in [2.75, 3.05) is 6.54 Å². The van der Waals surface area contributed by atoms with Gasteiger partial charge >= 0.3 is 0 Å². The fraction of sp³-hybridized carbons (Fsp3) is 0.250. The number of aromatic hydroxyl groups is 1. The lowest BCUT2D eigenvalue weighted by Crippen LogP contribution is -2.24. The van der Waals surface area contributed by atoms with Crippen LogP contribution in [0.4, 0.5) is 0 Å². The number of aromatic nitrogens is 1. The van der Waals surface area contributed by atoms with Crippen LogP contribution in [0.3, 0.4) is 0 Å². The number of hydrogen-bond acceptors (Lipinski definition) is 4. The monoisotopic (exact) mass is 345 g/mol. The predicted octanol–water partition coefficient (Wildman–Crippen LogP) is 3.47. The average molecular weight is 346 g/mol. The molecular weight excluding hydrogens is 330 g/mol. The van der Waals surface area contributed by atoms with Crippen LogP contribution in [0, 0.1) is 11.3 Å². The van der Waals surface area contributed by atoms with Gasteiger partial charge in [-0.05, 0) is 35.4 Å². The molecule has 0 saturated heterocycles. The second-order valence-electron chi connectivity index (χ2n) is 4.76. The van der Waals surface area contributed by atoms with Gasteiger partial charge in [-0.1, -0.05) is 22.0 Å². The summed E-state index contributed by atoms with van der Waals surface area (Å²) >= 11 is 3.50. The van der Waals surface area contributed by atoms with Crippen LogP contribution in [0.5, 0.6) is 5.75 Å². The van der Waals surface area contributed by atoms with E-state index in [2.05, 4.69) is 31.9 Å². The van der Waals surface area contributed by atoms with Crippen LogP contribution in [0.25, 0.3) is 0 Å². The first-order valence-corrected chi connectivity index (χ1v) is 7.44. The molecule has 0 aliphatic rings. The number of hydrogen-bond donors (Lipinski definition) is 1. The molecule has 0 saturated carbocycles. The van der Waals surface area contributed by atoms with Crippen molar-refractivity contribution in [2.45, 2.75) is 19.5 Å². The summed E-state index contributed by atoms with van der Waals surface area (Å²) in [7, 11) is 0. The van der Waals surface area contributed by atoms with E-state index in [4.69, 9.17) is 5.26 Å². The molecule has 0 radical (unpaired) electrons. The number of rotatable bonds is 6. The van der Waals surface area contributed by atoms with E-state index in [1.807, 2.05) is 24.4 Å². The zero-order valence-corrected chi connectivity index (χ0v) is 13.1. The van der Waals surface area contributed by atoms with Crippen LogP contribution < -0.4 is 0 Å². The maximum atomic E-state index is 9.61. The fourth-order valence-corrected chi connectivity index (χ4v) is 2.47. The van der Waals surface area contributed by atoms with Gasteiger partial charge in [-0.3, -0.25) is 9.88 Å². The minimum Gasteiger partial charge on any atom is -0.508 e. The Bertz CT molecular complexity index is 625. The lowest BCUT2D eigenvalue weighted by Gasteiger charge is -2.22. The number of phenolic OH excluding ortho intramolecular Hbond substituents is 1. The van der Waals surface area contributed by atoms with Crippen LogP contribution in [0.2, 0.25) is 0 Å². The molecule has 0 aliphatic heterocycles. The molecule has 0 fully saturated rings. The van der Waals surface area contributed by atoms with Gasteiger partial charge in [0.15, 0.2) is 0 Å². The second kappa shape index (κ2) is 7.77. The smallest absolute Gasteiger partial charge is 0.115 e. The summed E-state index contributed by atoms with van der Waals surface area (Å²) in [4.78, 5) is 6.28. The van der Waals surface area contributed by atoms with E-state index >= 15 is 0 Å². The zero-order chi connectivity index (χ0) is 15.1. The third kappa shape index (κ3) is 4.85. The van der Waals surface area contributed by atoms with E-state index in [0.717, 1.165) is 22.1 Å². The zero-order valence-electron chi connectivity index (χ0n) is 11.5. The van der Waals surface area contributed by atoms with Gasteiger partial charge < -0.3 is 5.11 Å². The molecule has 2 aromatic rings. The molecule has 0 aliphatic carbocycles. The minimum atomic E-state index is 0.245. The number of halogens is 1. The molecule has 1 heterocycles. The highest BCUT2D eigenvalue weighted by Crippen LogP contribution is 2.23. The van der Waals surface area contributed by atoms with Gasteiger partial charge in [-0.25, -0.2) is 0 Å². The molecule has 0 atom stereocenters. The van der Waals surface area contributed by atoms with E-state index < -0.39 is 0 Å². The summed E-state index contributed by atoms with van der Waals surface area (Å²) in [6, 6.07) is 11.3. The van der Waals surface area contributed by atoms with Crippen molar-refractivity contribution in [1.82, 2.24) is 9.88 Å². The van der Waals surface area contributed by atoms with Gasteiger partial charge in [-0.2, -0.15) is 5.26 Å². The summed E-state index contributed by atoms with van der Waals surface area (Å²) in [5, 5.41) is 18.4. The van der Waals surface area contributed by atoms with Crippen molar-refractivity contribution in [1.29, 1.82) is 5.26 Å². The quantitative estimate of drug-likeness (QED) is 0.870. The Kier molecular flexibility index (Phi) is 5.73. The number of nitrogens with zero attached hydrogens (tertiary/aromatic N) is 3. The molecule has 21 heavy (non-hydrogen) atoms. The number of phenols is 1. The average Bonchev–Trinajstić information content (AvgIpc) is 2.49. The minimum absolute atomic E-state index is 0.245. The molecule has 1 N–H and O–H groups in total. The fourth-order valence-electron chi connectivity index (χ4n) is 2.10. The van der Waals surface area contributed by atoms with E-state index in [9.17, 15) is 5.11 Å². The Balaban J connectivity index is 2.12. The van der Waals surface area contributed by atoms with Crippen LogP contribution in [0.1, 0.15) is 17.5 Å². The van der Waals surface area contributed by atoms with Gasteiger partial charge in [0.25, 0.3) is 0 Å². The van der Waals surface area contributed by atoms with Gasteiger partial charge in [0.05, 0.1) is 6.07 Å². The highest BCUT2D eigenvalue weighted by atomic mass is 79.9. The van der Waals surface area contributed by atoms with Crippen molar-refractivity contribution in [3.05, 3.63) is 58.3 Å². The summed E-state index contributed by atoms with van der Waals surface area (Å²) < 4.78 is 0.952. The van der Waals surface area contributed by atoms with Crippen molar-refractivity contribution in [2.24, 2.45) is 0 Å². The van der Waals surface area contributed by atoms with Crippen molar-refractivity contribution in [3.63, 3.8) is 0 Å². The first-order chi connectivity index (χ1) is 10.2. The summed E-state index contributed by atoms with van der Waals surface area (Å²) in [5.41, 5.74) is 2.10. The third-order valence-electron chi connectivity index (χ3n) is 3.09. The SMILES string of the molecule is N#CCCN(Cc1cccnc1)Cc1cc(O)ccc1Br. The van der Waals surface area contributed by atoms with Crippen LogP contribution in [0.15, 0.2) is 47.2 Å². The molecule has 0 bridgehead atoms. The molecular formula is C16H16BrN3O. The lowest BCUT2D eigenvalue weighted by molar-refractivity contribution is 0.262. The van der Waals surface area contributed by atoms with Gasteiger partial charge in [0.2, 0.25) is 0 Å². The molecule has 0 amide bonds. The van der Waals surface area contributed by atoms with E-state index in [-0.39, 0.29) is 5.75 Å². The number of pyridine rings is 1. The predicted molar refractivity (Wildman–Crippen MR) is 84.4 cm³/mol. The third-order valence-corrected chi connectivity index (χ3v) is 3.87. The summed E-state index contributed by atoms with van der Waals surface area (Å²) in [5.74, 6) is 0.245. The Morgan fingerprint density at radius 2 is 2.14 bits per heavy atom. The molecule has 108 valence electrons. The van der Waals surface area contributed by atoms with Crippen LogP contribution in [-0.2, 0) is 13.1 Å². The maximum absolute atomic E-state index is 9.61. The summed E-state index contributed by atoms with van der Waals surface area (Å²) in [6.45, 7) is 2.05. The number of benzene rings is 1. The molecule has 1 aromatic heterocycles. The second-order valence-corrected chi connectivity index (χ2v) is 5.61. The van der Waals surface area contributed by atoms with Crippen LogP contribution >= 0.6 is 15.9 Å². The van der Waals surface area contributed by atoms with Gasteiger partial charge in [-0.15, -0.1) is 0 Å². The van der Waals surface area contributed by atoms with Crippen molar-refractivity contribution >= 4 is 15.9 Å². The Hall–Kier alpha value is -1.90. The first kappa shape index (κ1) is 15.5. The van der Waals surface area contributed by atoms with Crippen LogP contribution in [-0.4, -0.2) is 21.5 Å². The Morgan fingerprint density at radius 1 is 1.29 bits per heavy atom.